The van der Waals surface area contributed by atoms with Crippen molar-refractivity contribution in [2.75, 3.05) is 4.90 Å². The Morgan fingerprint density at radius 3 is 2.61 bits per heavy atom. The van der Waals surface area contributed by atoms with E-state index in [0.29, 0.717) is 39.1 Å². The molecule has 0 unspecified atom stereocenters. The Morgan fingerprint density at radius 1 is 1.11 bits per heavy atom. The third kappa shape index (κ3) is 4.06. The van der Waals surface area contributed by atoms with Crippen molar-refractivity contribution in [1.82, 2.24) is 4.98 Å². The Kier molecular flexibility index (Phi) is 6.00. The first kappa shape index (κ1) is 24.6. The standard InChI is InChI=1S/C30H25ClN2O4S/c1-15(2)17-4-6-18(7-5-17)26-25(27(34)19-8-11-23-20(13-19)12-16(3)37-23)28(35)29(36)33(26)30-32-22-10-9-21(31)14-24(22)38-30/h4-11,13-16,26,34H,12H2,1-3H3/t16-,26+/m0/s1. The number of carbonyl (C=O) groups excluding carboxylic acids is 2. The van der Waals surface area contributed by atoms with Gasteiger partial charge in [0.25, 0.3) is 5.78 Å². The van der Waals surface area contributed by atoms with E-state index >= 15 is 0 Å². The van der Waals surface area contributed by atoms with E-state index in [1.54, 1.807) is 30.3 Å². The number of aliphatic hydroxyl groups is 1. The second-order valence-electron chi connectivity index (χ2n) is 10.1. The maximum atomic E-state index is 13.5. The van der Waals surface area contributed by atoms with Crippen LogP contribution >= 0.6 is 22.9 Å². The Bertz CT molecular complexity index is 1640. The highest BCUT2D eigenvalue weighted by molar-refractivity contribution is 7.22. The molecule has 0 spiro atoms. The van der Waals surface area contributed by atoms with Gasteiger partial charge < -0.3 is 9.84 Å². The molecular formula is C30H25ClN2O4S. The second-order valence-corrected chi connectivity index (χ2v) is 11.5. The lowest BCUT2D eigenvalue weighted by molar-refractivity contribution is -0.132. The van der Waals surface area contributed by atoms with Crippen molar-refractivity contribution >= 4 is 55.7 Å². The molecule has 1 N–H and O–H groups in total. The zero-order valence-electron chi connectivity index (χ0n) is 21.1. The summed E-state index contributed by atoms with van der Waals surface area (Å²) in [5.41, 5.74) is 3.99. The van der Waals surface area contributed by atoms with Crippen molar-refractivity contribution < 1.29 is 19.4 Å². The van der Waals surface area contributed by atoms with Gasteiger partial charge in [0, 0.05) is 17.0 Å². The van der Waals surface area contributed by atoms with Gasteiger partial charge in [-0.15, -0.1) is 0 Å². The van der Waals surface area contributed by atoms with E-state index < -0.39 is 17.7 Å². The first-order chi connectivity index (χ1) is 18.2. The van der Waals surface area contributed by atoms with Gasteiger partial charge in [-0.05, 0) is 65.9 Å². The predicted molar refractivity (Wildman–Crippen MR) is 150 cm³/mol. The van der Waals surface area contributed by atoms with E-state index in [9.17, 15) is 14.7 Å². The number of ether oxygens (including phenoxy) is 1. The third-order valence-corrected chi connectivity index (χ3v) is 8.33. The van der Waals surface area contributed by atoms with Gasteiger partial charge in [0.05, 0.1) is 21.8 Å². The van der Waals surface area contributed by atoms with Crippen molar-refractivity contribution in [1.29, 1.82) is 0 Å². The Morgan fingerprint density at radius 2 is 1.87 bits per heavy atom. The number of ketones is 1. The summed E-state index contributed by atoms with van der Waals surface area (Å²) in [7, 11) is 0. The van der Waals surface area contributed by atoms with Gasteiger partial charge in [-0.2, -0.15) is 0 Å². The molecule has 2 atom stereocenters. The molecule has 0 aliphatic carbocycles. The van der Waals surface area contributed by atoms with E-state index in [1.165, 1.54) is 16.2 Å². The monoisotopic (exact) mass is 544 g/mol. The van der Waals surface area contributed by atoms with E-state index in [2.05, 4.69) is 18.8 Å². The number of rotatable bonds is 4. The third-order valence-electron chi connectivity index (χ3n) is 7.08. The molecule has 6 rings (SSSR count). The highest BCUT2D eigenvalue weighted by atomic mass is 35.5. The summed E-state index contributed by atoms with van der Waals surface area (Å²) in [6.07, 6.45) is 0.749. The van der Waals surface area contributed by atoms with Gasteiger partial charge in [0.1, 0.15) is 17.6 Å². The number of nitrogens with zero attached hydrogens (tertiary/aromatic N) is 2. The summed E-state index contributed by atoms with van der Waals surface area (Å²) in [6.45, 7) is 6.19. The molecule has 8 heteroatoms. The normalized spacial score (nSPS) is 20.4. The fourth-order valence-electron chi connectivity index (χ4n) is 5.12. The van der Waals surface area contributed by atoms with E-state index in [4.69, 9.17) is 16.3 Å². The van der Waals surface area contributed by atoms with Crippen LogP contribution < -0.4 is 9.64 Å². The molecule has 6 nitrogen and oxygen atoms in total. The minimum atomic E-state index is -0.837. The van der Waals surface area contributed by atoms with Gasteiger partial charge in [-0.3, -0.25) is 14.5 Å². The van der Waals surface area contributed by atoms with Crippen LogP contribution in [0.3, 0.4) is 0 Å². The number of aliphatic hydroxyl groups excluding tert-OH is 1. The number of Topliss-reactive ketones (excluding diaryl/α,β-unsaturated/α-hetero) is 1. The van der Waals surface area contributed by atoms with Crippen molar-refractivity contribution in [3.8, 4) is 5.75 Å². The summed E-state index contributed by atoms with van der Waals surface area (Å²) < 4.78 is 6.60. The molecule has 4 aromatic rings. The maximum absolute atomic E-state index is 13.5. The summed E-state index contributed by atoms with van der Waals surface area (Å²) in [5.74, 6) is -0.602. The van der Waals surface area contributed by atoms with Gasteiger partial charge >= 0.3 is 5.91 Å². The summed E-state index contributed by atoms with van der Waals surface area (Å²) in [5, 5.41) is 12.5. The van der Waals surface area contributed by atoms with Crippen molar-refractivity contribution in [2.45, 2.75) is 45.3 Å². The molecule has 0 saturated carbocycles. The van der Waals surface area contributed by atoms with E-state index in [0.717, 1.165) is 21.6 Å². The van der Waals surface area contributed by atoms with Crippen LogP contribution in [0, 0.1) is 0 Å². The van der Waals surface area contributed by atoms with E-state index in [-0.39, 0.29) is 17.4 Å². The van der Waals surface area contributed by atoms with Crippen LogP contribution in [0.25, 0.3) is 16.0 Å². The largest absolute Gasteiger partial charge is 0.507 e. The summed E-state index contributed by atoms with van der Waals surface area (Å²) in [6, 6.07) is 17.6. The van der Waals surface area contributed by atoms with Crippen molar-refractivity contribution in [3.63, 3.8) is 0 Å². The molecular weight excluding hydrogens is 520 g/mol. The number of hydrogen-bond donors (Lipinski definition) is 1. The van der Waals surface area contributed by atoms with Crippen LogP contribution in [-0.2, 0) is 16.0 Å². The highest BCUT2D eigenvalue weighted by Crippen LogP contribution is 2.45. The molecule has 3 aromatic carbocycles. The minimum Gasteiger partial charge on any atom is -0.507 e. The van der Waals surface area contributed by atoms with Crippen molar-refractivity contribution in [2.24, 2.45) is 0 Å². The lowest BCUT2D eigenvalue weighted by Gasteiger charge is -2.23. The number of amides is 1. The predicted octanol–water partition coefficient (Wildman–Crippen LogP) is 7.02. The number of hydrogen-bond acceptors (Lipinski definition) is 6. The number of benzene rings is 3. The number of aromatic nitrogens is 1. The first-order valence-corrected chi connectivity index (χ1v) is 13.7. The quantitative estimate of drug-likeness (QED) is 0.170. The molecule has 1 saturated heterocycles. The molecule has 1 aromatic heterocycles. The van der Waals surface area contributed by atoms with E-state index in [1.807, 2.05) is 37.3 Å². The van der Waals surface area contributed by atoms with Crippen LogP contribution in [-0.4, -0.2) is 27.9 Å². The maximum Gasteiger partial charge on any atom is 0.301 e. The first-order valence-electron chi connectivity index (χ1n) is 12.5. The summed E-state index contributed by atoms with van der Waals surface area (Å²) in [4.78, 5) is 33.1. The lowest BCUT2D eigenvalue weighted by Crippen LogP contribution is -2.29. The minimum absolute atomic E-state index is 0.0384. The number of carbonyl (C=O) groups is 2. The summed E-state index contributed by atoms with van der Waals surface area (Å²) >= 11 is 7.46. The second kappa shape index (κ2) is 9.26. The highest BCUT2D eigenvalue weighted by Gasteiger charge is 2.48. The van der Waals surface area contributed by atoms with Gasteiger partial charge in [0.2, 0.25) is 0 Å². The molecule has 0 radical (unpaired) electrons. The topological polar surface area (TPSA) is 79.7 Å². The van der Waals surface area contributed by atoms with Crippen LogP contribution in [0.1, 0.15) is 55.0 Å². The average molecular weight is 545 g/mol. The molecule has 3 heterocycles. The fraction of sp³-hybridized carbons (Fsp3) is 0.233. The molecule has 2 aliphatic rings. The smallest absolute Gasteiger partial charge is 0.301 e. The van der Waals surface area contributed by atoms with Crippen LogP contribution in [0.15, 0.2) is 66.2 Å². The Labute approximate surface area is 229 Å². The van der Waals surface area contributed by atoms with Crippen molar-refractivity contribution in [3.05, 3.63) is 93.5 Å². The molecule has 1 amide bonds. The molecule has 38 heavy (non-hydrogen) atoms. The molecule has 0 bridgehead atoms. The van der Waals surface area contributed by atoms with Gasteiger partial charge in [-0.1, -0.05) is 61.1 Å². The number of halogens is 1. The SMILES string of the molecule is CC(C)c1ccc([C@@H]2C(=C(O)c3ccc4c(c3)C[C@H](C)O4)C(=O)C(=O)N2c2nc3ccc(Cl)cc3s2)cc1. The zero-order chi connectivity index (χ0) is 26.7. The number of anilines is 1. The Hall–Kier alpha value is -3.68. The zero-order valence-corrected chi connectivity index (χ0v) is 22.6. The molecule has 2 aliphatic heterocycles. The van der Waals surface area contributed by atoms with Crippen LogP contribution in [0.5, 0.6) is 5.75 Å². The number of fused-ring (bicyclic) bond motifs is 2. The Balaban J connectivity index is 1.53. The number of thiazole rings is 1. The van der Waals surface area contributed by atoms with Crippen LogP contribution in [0.4, 0.5) is 5.13 Å². The van der Waals surface area contributed by atoms with Gasteiger partial charge in [0.15, 0.2) is 5.13 Å². The lowest BCUT2D eigenvalue weighted by atomic mass is 9.93. The average Bonchev–Trinajstić information content (AvgIpc) is 3.55. The molecule has 192 valence electrons. The van der Waals surface area contributed by atoms with Crippen LogP contribution in [0.2, 0.25) is 5.02 Å². The van der Waals surface area contributed by atoms with Gasteiger partial charge in [-0.25, -0.2) is 4.98 Å². The fourth-order valence-corrected chi connectivity index (χ4v) is 6.39. The molecule has 1 fully saturated rings.